The van der Waals surface area contributed by atoms with Gasteiger partial charge in [0, 0.05) is 24.1 Å². The molecule has 0 fully saturated rings. The molecule has 126 valence electrons. The largest absolute Gasteiger partial charge is 0.308 e. The first kappa shape index (κ1) is 16.7. The molecule has 0 spiro atoms. The van der Waals surface area contributed by atoms with Crippen LogP contribution in [0.25, 0.3) is 0 Å². The van der Waals surface area contributed by atoms with Crippen molar-refractivity contribution in [2.45, 2.75) is 31.6 Å². The summed E-state index contributed by atoms with van der Waals surface area (Å²) in [5.41, 5.74) is 4.89. The molecule has 1 amide bonds. The fourth-order valence-electron chi connectivity index (χ4n) is 3.30. The Morgan fingerprint density at radius 1 is 1.12 bits per heavy atom. The summed E-state index contributed by atoms with van der Waals surface area (Å²) in [4.78, 5) is 14.9. The van der Waals surface area contributed by atoms with E-state index >= 15 is 0 Å². The minimum Gasteiger partial charge on any atom is -0.308 e. The molecule has 0 unspecified atom stereocenters. The Labute approximate surface area is 143 Å². The summed E-state index contributed by atoms with van der Waals surface area (Å²) >= 11 is 0. The molecule has 0 saturated heterocycles. The average molecular weight is 343 g/mol. The van der Waals surface area contributed by atoms with Gasteiger partial charge in [-0.3, -0.25) is 4.79 Å². The number of carbonyl (C=O) groups excluding carboxylic acids is 1. The predicted molar refractivity (Wildman–Crippen MR) is 95.5 cm³/mol. The van der Waals surface area contributed by atoms with E-state index in [-0.39, 0.29) is 10.8 Å². The molecule has 1 aliphatic heterocycles. The Kier molecular flexibility index (Phi) is 4.22. The Hall–Kier alpha value is -2.14. The first-order valence-electron chi connectivity index (χ1n) is 7.99. The van der Waals surface area contributed by atoms with E-state index in [1.54, 1.807) is 17.0 Å². The van der Waals surface area contributed by atoms with Gasteiger partial charge in [0.15, 0.2) is 9.84 Å². The maximum atomic E-state index is 13.0. The molecule has 0 aromatic heterocycles. The molecule has 2 aromatic carbocycles. The van der Waals surface area contributed by atoms with Crippen LogP contribution >= 0.6 is 0 Å². The van der Waals surface area contributed by atoms with Crippen LogP contribution in [-0.2, 0) is 16.3 Å². The molecule has 0 bridgehead atoms. The van der Waals surface area contributed by atoms with Gasteiger partial charge in [0.25, 0.3) is 5.91 Å². The van der Waals surface area contributed by atoms with Crippen LogP contribution in [0, 0.1) is 13.8 Å². The molecule has 3 rings (SSSR count). The highest BCUT2D eigenvalue weighted by molar-refractivity contribution is 7.90. The van der Waals surface area contributed by atoms with E-state index in [1.165, 1.54) is 23.3 Å². The van der Waals surface area contributed by atoms with Gasteiger partial charge in [0.05, 0.1) is 4.90 Å². The monoisotopic (exact) mass is 343 g/mol. The van der Waals surface area contributed by atoms with Gasteiger partial charge < -0.3 is 4.90 Å². The highest BCUT2D eigenvalue weighted by atomic mass is 32.2. The molecule has 4 nitrogen and oxygen atoms in total. The van der Waals surface area contributed by atoms with Crippen LogP contribution in [-0.4, -0.2) is 27.1 Å². The first-order chi connectivity index (χ1) is 11.3. The quantitative estimate of drug-likeness (QED) is 0.841. The fraction of sp³-hybridized carbons (Fsp3) is 0.316. The lowest BCUT2D eigenvalue weighted by Crippen LogP contribution is -2.36. The van der Waals surface area contributed by atoms with E-state index in [1.807, 2.05) is 13.0 Å². The molecule has 0 atom stereocenters. The number of nitrogens with zero attached hydrogens (tertiary/aromatic N) is 1. The van der Waals surface area contributed by atoms with E-state index in [2.05, 4.69) is 13.0 Å². The Bertz CT molecular complexity index is 916. The van der Waals surface area contributed by atoms with Crippen molar-refractivity contribution in [2.24, 2.45) is 0 Å². The SMILES string of the molecule is Cc1cc(C)c2c(c1)N(C(=O)c1cccc(S(C)(=O)=O)c1)CCC2. The number of carbonyl (C=O) groups is 1. The van der Waals surface area contributed by atoms with E-state index in [0.717, 1.165) is 30.3 Å². The molecule has 0 radical (unpaired) electrons. The molecule has 1 aliphatic rings. The zero-order chi connectivity index (χ0) is 17.5. The summed E-state index contributed by atoms with van der Waals surface area (Å²) in [7, 11) is -3.33. The number of anilines is 1. The van der Waals surface area contributed by atoms with Crippen molar-refractivity contribution in [3.05, 3.63) is 58.7 Å². The van der Waals surface area contributed by atoms with Crippen molar-refractivity contribution in [3.8, 4) is 0 Å². The number of amides is 1. The van der Waals surface area contributed by atoms with Crippen LogP contribution in [0.2, 0.25) is 0 Å². The number of benzene rings is 2. The summed E-state index contributed by atoms with van der Waals surface area (Å²) in [6, 6.07) is 10.5. The normalized spacial score (nSPS) is 14.4. The summed E-state index contributed by atoms with van der Waals surface area (Å²) < 4.78 is 23.5. The van der Waals surface area contributed by atoms with Crippen molar-refractivity contribution in [1.82, 2.24) is 0 Å². The molecule has 24 heavy (non-hydrogen) atoms. The molecule has 1 heterocycles. The summed E-state index contributed by atoms with van der Waals surface area (Å²) in [5, 5.41) is 0. The number of hydrogen-bond acceptors (Lipinski definition) is 3. The maximum absolute atomic E-state index is 13.0. The number of rotatable bonds is 2. The zero-order valence-electron chi connectivity index (χ0n) is 14.2. The Morgan fingerprint density at radius 2 is 1.88 bits per heavy atom. The third-order valence-electron chi connectivity index (χ3n) is 4.45. The van der Waals surface area contributed by atoms with Crippen LogP contribution in [0.15, 0.2) is 41.3 Å². The molecule has 0 aliphatic carbocycles. The van der Waals surface area contributed by atoms with Crippen LogP contribution < -0.4 is 4.90 Å². The summed E-state index contributed by atoms with van der Waals surface area (Å²) in [5.74, 6) is -0.147. The van der Waals surface area contributed by atoms with Crippen molar-refractivity contribution in [2.75, 3.05) is 17.7 Å². The van der Waals surface area contributed by atoms with Crippen LogP contribution in [0.4, 0.5) is 5.69 Å². The number of hydrogen-bond donors (Lipinski definition) is 0. The molecular formula is C19H21NO3S. The second-order valence-electron chi connectivity index (χ2n) is 6.44. The van der Waals surface area contributed by atoms with Crippen molar-refractivity contribution in [3.63, 3.8) is 0 Å². The van der Waals surface area contributed by atoms with Crippen LogP contribution in [0.3, 0.4) is 0 Å². The lowest BCUT2D eigenvalue weighted by molar-refractivity contribution is 0.0985. The van der Waals surface area contributed by atoms with Gasteiger partial charge in [-0.25, -0.2) is 8.42 Å². The molecule has 0 N–H and O–H groups in total. The lowest BCUT2D eigenvalue weighted by atomic mass is 9.94. The Morgan fingerprint density at radius 3 is 2.58 bits per heavy atom. The second-order valence-corrected chi connectivity index (χ2v) is 8.46. The van der Waals surface area contributed by atoms with Gasteiger partial charge in [-0.05, 0) is 67.6 Å². The maximum Gasteiger partial charge on any atom is 0.258 e. The molecule has 0 saturated carbocycles. The van der Waals surface area contributed by atoms with Gasteiger partial charge in [0.1, 0.15) is 0 Å². The van der Waals surface area contributed by atoms with Crippen molar-refractivity contribution >= 4 is 21.4 Å². The van der Waals surface area contributed by atoms with Crippen LogP contribution in [0.5, 0.6) is 0 Å². The first-order valence-corrected chi connectivity index (χ1v) is 9.88. The third kappa shape index (κ3) is 3.08. The van der Waals surface area contributed by atoms with E-state index < -0.39 is 9.84 Å². The van der Waals surface area contributed by atoms with E-state index in [4.69, 9.17) is 0 Å². The zero-order valence-corrected chi connectivity index (χ0v) is 15.0. The predicted octanol–water partition coefficient (Wildman–Crippen LogP) is 3.30. The average Bonchev–Trinajstić information content (AvgIpc) is 2.53. The van der Waals surface area contributed by atoms with Gasteiger partial charge in [-0.2, -0.15) is 0 Å². The van der Waals surface area contributed by atoms with Gasteiger partial charge in [-0.1, -0.05) is 12.1 Å². The van der Waals surface area contributed by atoms with E-state index in [9.17, 15) is 13.2 Å². The van der Waals surface area contributed by atoms with Crippen LogP contribution in [0.1, 0.15) is 33.5 Å². The smallest absolute Gasteiger partial charge is 0.258 e. The van der Waals surface area contributed by atoms with Gasteiger partial charge in [-0.15, -0.1) is 0 Å². The highest BCUT2D eigenvalue weighted by Crippen LogP contribution is 2.32. The van der Waals surface area contributed by atoms with Gasteiger partial charge >= 0.3 is 0 Å². The number of fused-ring (bicyclic) bond motifs is 1. The molecule has 5 heteroatoms. The van der Waals surface area contributed by atoms with E-state index in [0.29, 0.717) is 12.1 Å². The lowest BCUT2D eigenvalue weighted by Gasteiger charge is -2.31. The topological polar surface area (TPSA) is 54.5 Å². The minimum atomic E-state index is -3.33. The Balaban J connectivity index is 2.04. The third-order valence-corrected chi connectivity index (χ3v) is 5.56. The molecule has 2 aromatic rings. The second kappa shape index (κ2) is 6.06. The number of sulfone groups is 1. The van der Waals surface area contributed by atoms with Crippen molar-refractivity contribution < 1.29 is 13.2 Å². The number of aryl methyl sites for hydroxylation is 2. The molecular weight excluding hydrogens is 322 g/mol. The minimum absolute atomic E-state index is 0.147. The van der Waals surface area contributed by atoms with Crippen molar-refractivity contribution in [1.29, 1.82) is 0 Å². The fourth-order valence-corrected chi connectivity index (χ4v) is 3.97. The highest BCUT2D eigenvalue weighted by Gasteiger charge is 2.25. The van der Waals surface area contributed by atoms with Gasteiger partial charge in [0.2, 0.25) is 0 Å². The standard InChI is InChI=1S/C19H21NO3S/c1-13-10-14(2)17-8-5-9-20(18(17)11-13)19(21)15-6-4-7-16(12-15)24(3,22)23/h4,6-7,10-12H,5,8-9H2,1-3H3. The summed E-state index contributed by atoms with van der Waals surface area (Å²) in [6.07, 6.45) is 3.03. The summed E-state index contributed by atoms with van der Waals surface area (Å²) in [6.45, 7) is 4.75.